The number of carbonyl (C=O) groups excluding carboxylic acids is 3. The highest BCUT2D eigenvalue weighted by Gasteiger charge is 2.28. The highest BCUT2D eigenvalue weighted by molar-refractivity contribution is 6.02. The second kappa shape index (κ2) is 6.66. The van der Waals surface area contributed by atoms with Crippen molar-refractivity contribution in [3.63, 3.8) is 0 Å². The summed E-state index contributed by atoms with van der Waals surface area (Å²) in [6, 6.07) is 8.99. The zero-order chi connectivity index (χ0) is 15.2. The van der Waals surface area contributed by atoms with Crippen LogP contribution in [0.4, 0.5) is 0 Å². The lowest BCUT2D eigenvalue weighted by molar-refractivity contribution is -0.138. The SMILES string of the molecule is N#Cc1cccc(CNC(=O)CCN2C(=O)CCC2=O)c1. The van der Waals surface area contributed by atoms with Crippen molar-refractivity contribution < 1.29 is 14.4 Å². The molecule has 0 unspecified atom stereocenters. The molecule has 1 fully saturated rings. The Morgan fingerprint density at radius 2 is 2.00 bits per heavy atom. The first kappa shape index (κ1) is 14.7. The van der Waals surface area contributed by atoms with Crippen LogP contribution in [-0.2, 0) is 20.9 Å². The molecule has 0 saturated carbocycles. The van der Waals surface area contributed by atoms with Crippen LogP contribution < -0.4 is 5.32 Å². The summed E-state index contributed by atoms with van der Waals surface area (Å²) in [5.41, 5.74) is 1.37. The van der Waals surface area contributed by atoms with Gasteiger partial charge in [-0.1, -0.05) is 12.1 Å². The van der Waals surface area contributed by atoms with Crippen molar-refractivity contribution >= 4 is 17.7 Å². The van der Waals surface area contributed by atoms with Crippen molar-refractivity contribution in [3.05, 3.63) is 35.4 Å². The zero-order valence-electron chi connectivity index (χ0n) is 11.5. The average Bonchev–Trinajstić information content (AvgIpc) is 2.82. The maximum Gasteiger partial charge on any atom is 0.229 e. The van der Waals surface area contributed by atoms with E-state index in [0.717, 1.165) is 10.5 Å². The van der Waals surface area contributed by atoms with Gasteiger partial charge in [0.1, 0.15) is 0 Å². The van der Waals surface area contributed by atoms with Crippen LogP contribution >= 0.6 is 0 Å². The molecule has 1 aliphatic rings. The molecule has 1 saturated heterocycles. The molecule has 108 valence electrons. The Morgan fingerprint density at radius 3 is 2.67 bits per heavy atom. The molecule has 0 spiro atoms. The van der Waals surface area contributed by atoms with Crippen molar-refractivity contribution in [2.24, 2.45) is 0 Å². The predicted octanol–water partition coefficient (Wildman–Crippen LogP) is 0.714. The van der Waals surface area contributed by atoms with Crippen molar-refractivity contribution in [2.75, 3.05) is 6.54 Å². The third-order valence-electron chi connectivity index (χ3n) is 3.26. The molecule has 0 bridgehead atoms. The molecule has 1 heterocycles. The molecule has 3 amide bonds. The maximum absolute atomic E-state index is 11.7. The Kier molecular flexibility index (Phi) is 4.67. The number of carbonyl (C=O) groups is 3. The fraction of sp³-hybridized carbons (Fsp3) is 0.333. The number of rotatable bonds is 5. The normalized spacial score (nSPS) is 14.1. The van der Waals surface area contributed by atoms with Crippen LogP contribution in [0.2, 0.25) is 0 Å². The predicted molar refractivity (Wildman–Crippen MR) is 73.6 cm³/mol. The van der Waals surface area contributed by atoms with Crippen LogP contribution in [0.5, 0.6) is 0 Å². The lowest BCUT2D eigenvalue weighted by Crippen LogP contribution is -2.34. The van der Waals surface area contributed by atoms with E-state index in [1.807, 2.05) is 12.1 Å². The lowest BCUT2D eigenvalue weighted by Gasteiger charge is -2.13. The van der Waals surface area contributed by atoms with Gasteiger partial charge in [-0.15, -0.1) is 0 Å². The van der Waals surface area contributed by atoms with E-state index in [1.54, 1.807) is 18.2 Å². The van der Waals surface area contributed by atoms with E-state index in [2.05, 4.69) is 5.32 Å². The minimum absolute atomic E-state index is 0.0927. The van der Waals surface area contributed by atoms with Gasteiger partial charge in [0.05, 0.1) is 11.6 Å². The van der Waals surface area contributed by atoms with E-state index < -0.39 is 0 Å². The van der Waals surface area contributed by atoms with Crippen LogP contribution in [0.3, 0.4) is 0 Å². The number of benzene rings is 1. The van der Waals surface area contributed by atoms with Gasteiger partial charge in [-0.2, -0.15) is 5.26 Å². The standard InChI is InChI=1S/C15H15N3O3/c16-9-11-2-1-3-12(8-11)10-17-13(19)6-7-18-14(20)4-5-15(18)21/h1-3,8H,4-7,10H2,(H,17,19). The lowest BCUT2D eigenvalue weighted by atomic mass is 10.1. The molecule has 6 nitrogen and oxygen atoms in total. The van der Waals surface area contributed by atoms with E-state index >= 15 is 0 Å². The van der Waals surface area contributed by atoms with Crippen LogP contribution in [-0.4, -0.2) is 29.2 Å². The summed E-state index contributed by atoms with van der Waals surface area (Å²) < 4.78 is 0. The summed E-state index contributed by atoms with van der Waals surface area (Å²) in [5.74, 6) is -0.658. The minimum Gasteiger partial charge on any atom is -0.352 e. The Morgan fingerprint density at radius 1 is 1.29 bits per heavy atom. The number of imide groups is 1. The molecule has 6 heteroatoms. The Hall–Kier alpha value is -2.68. The molecule has 0 radical (unpaired) electrons. The number of nitrogens with one attached hydrogen (secondary N) is 1. The molecule has 1 aromatic rings. The first-order chi connectivity index (χ1) is 10.1. The summed E-state index contributed by atoms with van der Waals surface area (Å²) in [4.78, 5) is 35.6. The van der Waals surface area contributed by atoms with E-state index in [9.17, 15) is 14.4 Å². The smallest absolute Gasteiger partial charge is 0.229 e. The van der Waals surface area contributed by atoms with Crippen LogP contribution in [0.1, 0.15) is 30.4 Å². The van der Waals surface area contributed by atoms with Crippen molar-refractivity contribution in [1.82, 2.24) is 10.2 Å². The number of hydrogen-bond donors (Lipinski definition) is 1. The first-order valence-electron chi connectivity index (χ1n) is 6.69. The van der Waals surface area contributed by atoms with Gasteiger partial charge in [-0.25, -0.2) is 0 Å². The van der Waals surface area contributed by atoms with Gasteiger partial charge >= 0.3 is 0 Å². The molecule has 2 rings (SSSR count). The quantitative estimate of drug-likeness (QED) is 0.807. The molecular weight excluding hydrogens is 270 g/mol. The second-order valence-electron chi connectivity index (χ2n) is 4.78. The molecule has 21 heavy (non-hydrogen) atoms. The zero-order valence-corrected chi connectivity index (χ0v) is 11.5. The monoisotopic (exact) mass is 285 g/mol. The molecular formula is C15H15N3O3. The highest BCUT2D eigenvalue weighted by Crippen LogP contribution is 2.11. The Bertz CT molecular complexity index is 603. The minimum atomic E-state index is -0.232. The van der Waals surface area contributed by atoms with Crippen LogP contribution in [0.25, 0.3) is 0 Å². The summed E-state index contributed by atoms with van der Waals surface area (Å²) >= 11 is 0. The second-order valence-corrected chi connectivity index (χ2v) is 4.78. The fourth-order valence-corrected chi connectivity index (χ4v) is 2.13. The van der Waals surface area contributed by atoms with Crippen molar-refractivity contribution in [3.8, 4) is 6.07 Å². The number of likely N-dealkylation sites (tertiary alicyclic amines) is 1. The third-order valence-corrected chi connectivity index (χ3v) is 3.26. The van der Waals surface area contributed by atoms with Gasteiger partial charge in [0.15, 0.2) is 0 Å². The van der Waals surface area contributed by atoms with Gasteiger partial charge in [0.2, 0.25) is 17.7 Å². The van der Waals surface area contributed by atoms with Gasteiger partial charge in [-0.05, 0) is 17.7 Å². The summed E-state index contributed by atoms with van der Waals surface area (Å²) in [6.45, 7) is 0.442. The molecule has 1 N–H and O–H groups in total. The number of hydrogen-bond acceptors (Lipinski definition) is 4. The Balaban J connectivity index is 1.78. The van der Waals surface area contributed by atoms with Crippen molar-refractivity contribution in [1.29, 1.82) is 5.26 Å². The fourth-order valence-electron chi connectivity index (χ4n) is 2.13. The summed E-state index contributed by atoms with van der Waals surface area (Å²) in [5, 5.41) is 11.5. The van der Waals surface area contributed by atoms with Gasteiger partial charge in [0, 0.05) is 32.4 Å². The van der Waals surface area contributed by atoms with Crippen LogP contribution in [0, 0.1) is 11.3 Å². The molecule has 0 aromatic heterocycles. The van der Waals surface area contributed by atoms with Gasteiger partial charge < -0.3 is 5.32 Å². The van der Waals surface area contributed by atoms with Crippen LogP contribution in [0.15, 0.2) is 24.3 Å². The van der Waals surface area contributed by atoms with E-state index in [4.69, 9.17) is 5.26 Å². The van der Waals surface area contributed by atoms with Crippen molar-refractivity contribution in [2.45, 2.75) is 25.8 Å². The van der Waals surface area contributed by atoms with E-state index in [1.165, 1.54) is 0 Å². The van der Waals surface area contributed by atoms with Gasteiger partial charge in [0.25, 0.3) is 0 Å². The summed E-state index contributed by atoms with van der Waals surface area (Å²) in [6.07, 6.45) is 0.568. The number of nitrogens with zero attached hydrogens (tertiary/aromatic N) is 2. The topological polar surface area (TPSA) is 90.3 Å². The summed E-state index contributed by atoms with van der Waals surface area (Å²) in [7, 11) is 0. The van der Waals surface area contributed by atoms with E-state index in [0.29, 0.717) is 12.1 Å². The van der Waals surface area contributed by atoms with E-state index in [-0.39, 0.29) is 43.5 Å². The maximum atomic E-state index is 11.7. The molecule has 0 aliphatic carbocycles. The molecule has 1 aliphatic heterocycles. The van der Waals surface area contributed by atoms with Gasteiger partial charge in [-0.3, -0.25) is 19.3 Å². The molecule has 1 aromatic carbocycles. The third kappa shape index (κ3) is 3.89. The largest absolute Gasteiger partial charge is 0.352 e. The number of nitriles is 1. The first-order valence-corrected chi connectivity index (χ1v) is 6.69. The average molecular weight is 285 g/mol. The highest BCUT2D eigenvalue weighted by atomic mass is 16.2. The number of amides is 3. The Labute approximate surface area is 122 Å². The molecule has 0 atom stereocenters.